The standard InChI is InChI=1S/C14H18FN3O2S/c15-13-4-3-5-14(12-13)21(19,20)18-10-8-17(9-11-18)7-2-1-6-16/h3-5,12H,1-2,7-11H2. The van der Waals surface area contributed by atoms with Gasteiger partial charge >= 0.3 is 0 Å². The minimum atomic E-state index is -3.62. The molecule has 2 rings (SSSR count). The summed E-state index contributed by atoms with van der Waals surface area (Å²) >= 11 is 0. The zero-order valence-corrected chi connectivity index (χ0v) is 12.5. The van der Waals surface area contributed by atoms with Crippen LogP contribution >= 0.6 is 0 Å². The second-order valence-electron chi connectivity index (χ2n) is 4.96. The molecule has 1 saturated heterocycles. The highest BCUT2D eigenvalue weighted by molar-refractivity contribution is 7.89. The van der Waals surface area contributed by atoms with Gasteiger partial charge in [-0.05, 0) is 31.2 Å². The molecule has 0 N–H and O–H groups in total. The predicted molar refractivity (Wildman–Crippen MR) is 76.4 cm³/mol. The number of hydrogen-bond acceptors (Lipinski definition) is 4. The first-order chi connectivity index (χ1) is 10.0. The number of sulfonamides is 1. The minimum absolute atomic E-state index is 0.000399. The van der Waals surface area contributed by atoms with Crippen LogP contribution in [0, 0.1) is 17.1 Å². The molecule has 0 bridgehead atoms. The quantitative estimate of drug-likeness (QED) is 0.772. The Balaban J connectivity index is 1.97. The molecule has 0 saturated carbocycles. The molecule has 1 aromatic rings. The van der Waals surface area contributed by atoms with Gasteiger partial charge in [0.15, 0.2) is 0 Å². The molecule has 1 fully saturated rings. The summed E-state index contributed by atoms with van der Waals surface area (Å²) < 4.78 is 39.4. The maximum absolute atomic E-state index is 13.2. The Morgan fingerprint density at radius 3 is 2.57 bits per heavy atom. The lowest BCUT2D eigenvalue weighted by molar-refractivity contribution is 0.187. The average molecular weight is 311 g/mol. The van der Waals surface area contributed by atoms with Crippen LogP contribution in [-0.4, -0.2) is 50.3 Å². The topological polar surface area (TPSA) is 64.4 Å². The van der Waals surface area contributed by atoms with E-state index in [1.54, 1.807) is 0 Å². The largest absolute Gasteiger partial charge is 0.301 e. The van der Waals surface area contributed by atoms with Crippen molar-refractivity contribution in [2.75, 3.05) is 32.7 Å². The molecule has 5 nitrogen and oxygen atoms in total. The molecule has 0 spiro atoms. The fourth-order valence-electron chi connectivity index (χ4n) is 2.35. The molecule has 1 heterocycles. The molecule has 0 amide bonds. The molecule has 1 aliphatic rings. The van der Waals surface area contributed by atoms with Crippen LogP contribution in [0.5, 0.6) is 0 Å². The summed E-state index contributed by atoms with van der Waals surface area (Å²) in [6.45, 7) is 2.87. The van der Waals surface area contributed by atoms with Gasteiger partial charge in [0.05, 0.1) is 11.0 Å². The lowest BCUT2D eigenvalue weighted by Crippen LogP contribution is -2.48. The Labute approximate surface area is 124 Å². The van der Waals surface area contributed by atoms with Crippen LogP contribution in [0.3, 0.4) is 0 Å². The fourth-order valence-corrected chi connectivity index (χ4v) is 3.81. The van der Waals surface area contributed by atoms with E-state index >= 15 is 0 Å². The zero-order valence-electron chi connectivity index (χ0n) is 11.7. The second kappa shape index (κ2) is 6.98. The Morgan fingerprint density at radius 1 is 1.24 bits per heavy atom. The smallest absolute Gasteiger partial charge is 0.243 e. The molecule has 1 aromatic carbocycles. The molecule has 0 unspecified atom stereocenters. The van der Waals surface area contributed by atoms with Crippen LogP contribution in [0.1, 0.15) is 12.8 Å². The van der Waals surface area contributed by atoms with E-state index in [9.17, 15) is 12.8 Å². The van der Waals surface area contributed by atoms with Gasteiger partial charge in [0.2, 0.25) is 10.0 Å². The third kappa shape index (κ3) is 4.00. The molecule has 21 heavy (non-hydrogen) atoms. The van der Waals surface area contributed by atoms with Gasteiger partial charge in [-0.2, -0.15) is 9.57 Å². The van der Waals surface area contributed by atoms with E-state index in [4.69, 9.17) is 5.26 Å². The van der Waals surface area contributed by atoms with Crippen molar-refractivity contribution in [3.8, 4) is 6.07 Å². The van der Waals surface area contributed by atoms with Crippen LogP contribution in [0.15, 0.2) is 29.2 Å². The molecule has 0 aromatic heterocycles. The number of hydrogen-bond donors (Lipinski definition) is 0. The van der Waals surface area contributed by atoms with E-state index in [1.165, 1.54) is 22.5 Å². The Bertz CT molecular complexity index is 619. The maximum atomic E-state index is 13.2. The van der Waals surface area contributed by atoms with Crippen molar-refractivity contribution in [1.29, 1.82) is 5.26 Å². The summed E-state index contributed by atoms with van der Waals surface area (Å²) in [5.41, 5.74) is 0. The lowest BCUT2D eigenvalue weighted by Gasteiger charge is -2.33. The van der Waals surface area contributed by atoms with Gasteiger partial charge in [-0.25, -0.2) is 12.8 Å². The maximum Gasteiger partial charge on any atom is 0.243 e. The zero-order chi connectivity index (χ0) is 15.3. The van der Waals surface area contributed by atoms with Crippen molar-refractivity contribution in [1.82, 2.24) is 9.21 Å². The fraction of sp³-hybridized carbons (Fsp3) is 0.500. The van der Waals surface area contributed by atoms with Crippen LogP contribution in [0.2, 0.25) is 0 Å². The SMILES string of the molecule is N#CCCCN1CCN(S(=O)(=O)c2cccc(F)c2)CC1. The summed E-state index contributed by atoms with van der Waals surface area (Å²) in [5, 5.41) is 8.51. The summed E-state index contributed by atoms with van der Waals surface area (Å²) in [4.78, 5) is 2.15. The highest BCUT2D eigenvalue weighted by atomic mass is 32.2. The van der Waals surface area contributed by atoms with Crippen molar-refractivity contribution in [3.05, 3.63) is 30.1 Å². The Kier molecular flexibility index (Phi) is 5.28. The summed E-state index contributed by atoms with van der Waals surface area (Å²) in [7, 11) is -3.62. The summed E-state index contributed by atoms with van der Waals surface area (Å²) in [6.07, 6.45) is 1.31. The van der Waals surface area contributed by atoms with Gasteiger partial charge in [-0.15, -0.1) is 0 Å². The van der Waals surface area contributed by atoms with Crippen molar-refractivity contribution in [2.45, 2.75) is 17.7 Å². The highest BCUT2D eigenvalue weighted by Gasteiger charge is 2.28. The number of halogens is 1. The first-order valence-corrected chi connectivity index (χ1v) is 8.33. The number of rotatable bonds is 5. The molecule has 114 valence electrons. The number of benzene rings is 1. The Morgan fingerprint density at radius 2 is 1.95 bits per heavy atom. The summed E-state index contributed by atoms with van der Waals surface area (Å²) in [5.74, 6) is -0.550. The third-order valence-corrected chi connectivity index (χ3v) is 5.42. The molecule has 1 aliphatic heterocycles. The van der Waals surface area contributed by atoms with Gasteiger partial charge in [0.25, 0.3) is 0 Å². The van der Waals surface area contributed by atoms with Crippen molar-refractivity contribution in [3.63, 3.8) is 0 Å². The molecule has 7 heteroatoms. The van der Waals surface area contributed by atoms with Crippen LogP contribution in [0.4, 0.5) is 4.39 Å². The van der Waals surface area contributed by atoms with Gasteiger partial charge < -0.3 is 4.90 Å². The van der Waals surface area contributed by atoms with Gasteiger partial charge in [-0.1, -0.05) is 6.07 Å². The van der Waals surface area contributed by atoms with E-state index in [-0.39, 0.29) is 4.90 Å². The highest BCUT2D eigenvalue weighted by Crippen LogP contribution is 2.18. The van der Waals surface area contributed by atoms with Crippen molar-refractivity contribution >= 4 is 10.0 Å². The number of nitriles is 1. The molecule has 0 aliphatic carbocycles. The van der Waals surface area contributed by atoms with E-state index in [2.05, 4.69) is 11.0 Å². The summed E-state index contributed by atoms with van der Waals surface area (Å²) in [6, 6.07) is 7.19. The van der Waals surface area contributed by atoms with Crippen LogP contribution in [0.25, 0.3) is 0 Å². The first-order valence-electron chi connectivity index (χ1n) is 6.89. The first kappa shape index (κ1) is 15.9. The molecular formula is C14H18FN3O2S. The molecular weight excluding hydrogens is 293 g/mol. The van der Waals surface area contributed by atoms with Gasteiger partial charge in [-0.3, -0.25) is 0 Å². The number of nitrogens with zero attached hydrogens (tertiary/aromatic N) is 3. The third-order valence-electron chi connectivity index (χ3n) is 3.53. The van der Waals surface area contributed by atoms with E-state index in [0.717, 1.165) is 19.0 Å². The number of unbranched alkanes of at least 4 members (excludes halogenated alkanes) is 1. The normalized spacial score (nSPS) is 17.5. The molecule has 0 radical (unpaired) electrons. The van der Waals surface area contributed by atoms with Gasteiger partial charge in [0, 0.05) is 32.6 Å². The van der Waals surface area contributed by atoms with Crippen LogP contribution < -0.4 is 0 Å². The predicted octanol–water partition coefficient (Wildman–Crippen LogP) is 1.44. The van der Waals surface area contributed by atoms with Crippen molar-refractivity contribution in [2.24, 2.45) is 0 Å². The van der Waals surface area contributed by atoms with Crippen molar-refractivity contribution < 1.29 is 12.8 Å². The van der Waals surface area contributed by atoms with Gasteiger partial charge in [0.1, 0.15) is 5.82 Å². The molecule has 0 atom stereocenters. The monoisotopic (exact) mass is 311 g/mol. The second-order valence-corrected chi connectivity index (χ2v) is 6.90. The van der Waals surface area contributed by atoms with E-state index in [1.807, 2.05) is 0 Å². The average Bonchev–Trinajstić information content (AvgIpc) is 2.48. The van der Waals surface area contributed by atoms with E-state index in [0.29, 0.717) is 32.6 Å². The van der Waals surface area contributed by atoms with Crippen LogP contribution in [-0.2, 0) is 10.0 Å². The van der Waals surface area contributed by atoms with E-state index < -0.39 is 15.8 Å². The lowest BCUT2D eigenvalue weighted by atomic mass is 10.3. The minimum Gasteiger partial charge on any atom is -0.301 e. The Hall–Kier alpha value is -1.49. The number of piperazine rings is 1.